The van der Waals surface area contributed by atoms with Crippen LogP contribution in [0.4, 0.5) is 98.7 Å². The van der Waals surface area contributed by atoms with Crippen LogP contribution < -0.4 is 72.5 Å². The second-order valence-electron chi connectivity index (χ2n) is 21.9. The van der Waals surface area contributed by atoms with Gasteiger partial charge in [-0.25, -0.2) is 19.9 Å². The molecular formula is C74H66BF12N12NaO2P. The number of aliphatic hydroxyl groups excluding tert-OH is 1. The van der Waals surface area contributed by atoms with Gasteiger partial charge in [0.25, 0.3) is 0 Å². The molecule has 103 heavy (non-hydrogen) atoms. The molecule has 11 rings (SSSR count). The number of carbonyl (C=O) groups excluding carboxylic acids is 1. The van der Waals surface area contributed by atoms with E-state index in [1.54, 1.807) is 68.7 Å². The average Bonchev–Trinajstić information content (AvgIpc) is 0.837. The van der Waals surface area contributed by atoms with E-state index in [-0.39, 0.29) is 57.3 Å². The van der Waals surface area contributed by atoms with Crippen LogP contribution in [0, 0.1) is 0 Å². The second-order valence-corrected chi connectivity index (χ2v) is 24.1. The molecule has 14 nitrogen and oxygen atoms in total. The number of ketones is 1. The van der Waals surface area contributed by atoms with Crippen molar-refractivity contribution in [3.8, 4) is 0 Å². The van der Waals surface area contributed by atoms with Gasteiger partial charge in [-0.05, 0) is 194 Å². The van der Waals surface area contributed by atoms with Gasteiger partial charge in [0.2, 0.25) is 0 Å². The SMILES string of the molecule is CC(=O)c1ccc(Nc2ccc(C(F)(F)F)cc2)nc1.CC(N)c1ccc(Nc2ccc(C(F)(F)F)cc2)nc1.CC(N=[N+]=[N-])c1ccc(Nc2ccc(C(F)(F)F)cc2)nc1.CC(O)c1ccc(Nc2ccc(C(F)(F)F)cc2)nc1.[B].[H-].[Na+].c1ccc(P(c2ccccc2)c2ccccc2)cc1. The van der Waals surface area contributed by atoms with Gasteiger partial charge in [0.1, 0.15) is 23.3 Å². The third-order valence-electron chi connectivity index (χ3n) is 14.2. The van der Waals surface area contributed by atoms with Gasteiger partial charge in [0, 0.05) is 72.5 Å². The first kappa shape index (κ1) is 83.6. The summed E-state index contributed by atoms with van der Waals surface area (Å²) in [4.78, 5) is 30.2. The van der Waals surface area contributed by atoms with E-state index in [1.807, 2.05) is 13.0 Å². The number of nitrogens with two attached hydrogens (primary N) is 1. The van der Waals surface area contributed by atoms with Crippen molar-refractivity contribution in [3.05, 3.63) is 316 Å². The van der Waals surface area contributed by atoms with E-state index in [0.29, 0.717) is 57.1 Å². The Balaban J connectivity index is 0.000000273. The summed E-state index contributed by atoms with van der Waals surface area (Å²) in [5, 5.41) is 28.7. The summed E-state index contributed by atoms with van der Waals surface area (Å²) < 4.78 is 149. The summed E-state index contributed by atoms with van der Waals surface area (Å²) in [6, 6.07) is 64.2. The number of pyridine rings is 4. The maximum Gasteiger partial charge on any atom is 1.00 e. The normalized spacial score (nSPS) is 11.8. The molecule has 0 spiro atoms. The molecule has 4 aromatic heterocycles. The molecule has 0 fully saturated rings. The summed E-state index contributed by atoms with van der Waals surface area (Å²) in [6.45, 7) is 6.64. The fourth-order valence-electron chi connectivity index (χ4n) is 8.76. The first-order valence-corrected chi connectivity index (χ1v) is 31.8. The van der Waals surface area contributed by atoms with E-state index in [0.717, 1.165) is 59.7 Å². The topological polar surface area (TPSA) is 212 Å². The minimum Gasteiger partial charge on any atom is -1.00 e. The molecule has 527 valence electrons. The number of hydrogen-bond donors (Lipinski definition) is 6. The maximum atomic E-state index is 12.5. The molecule has 3 atom stereocenters. The Bertz CT molecular complexity index is 4170. The number of hydrogen-bond acceptors (Lipinski definition) is 12. The monoisotopic (exact) mass is 1450 g/mol. The molecular weight excluding hydrogens is 1380 g/mol. The number of aliphatic hydroxyl groups is 1. The molecule has 0 amide bonds. The molecule has 0 bridgehead atoms. The third kappa shape index (κ3) is 27.3. The molecule has 29 heteroatoms. The summed E-state index contributed by atoms with van der Waals surface area (Å²) in [5.41, 5.74) is 16.1. The summed E-state index contributed by atoms with van der Waals surface area (Å²) >= 11 is 0. The van der Waals surface area contributed by atoms with Crippen LogP contribution in [0.3, 0.4) is 0 Å². The van der Waals surface area contributed by atoms with Gasteiger partial charge < -0.3 is 33.5 Å². The number of anilines is 8. The smallest absolute Gasteiger partial charge is 1.00 e. The van der Waals surface area contributed by atoms with E-state index < -0.39 is 61.0 Å². The molecule has 0 saturated heterocycles. The average molecular weight is 1450 g/mol. The molecule has 3 radical (unpaired) electrons. The Morgan fingerprint density at radius 2 is 0.709 bits per heavy atom. The van der Waals surface area contributed by atoms with Gasteiger partial charge in [0.15, 0.2) is 5.78 Å². The van der Waals surface area contributed by atoms with Crippen LogP contribution in [0.5, 0.6) is 0 Å². The van der Waals surface area contributed by atoms with Gasteiger partial charge in [-0.2, -0.15) is 52.7 Å². The van der Waals surface area contributed by atoms with Crippen LogP contribution >= 0.6 is 7.92 Å². The van der Waals surface area contributed by atoms with Crippen molar-refractivity contribution in [2.45, 2.75) is 70.6 Å². The van der Waals surface area contributed by atoms with Crippen LogP contribution in [0.2, 0.25) is 0 Å². The molecule has 7 N–H and O–H groups in total. The first-order valence-electron chi connectivity index (χ1n) is 30.5. The Labute approximate surface area is 613 Å². The van der Waals surface area contributed by atoms with E-state index in [4.69, 9.17) is 11.3 Å². The number of benzene rings is 7. The number of nitrogens with one attached hydrogen (secondary N) is 4. The number of Topliss-reactive ketones (excluding diaryl/α,β-unsaturated/α-hetero) is 1. The fourth-order valence-corrected chi connectivity index (χ4v) is 11.1. The standard InChI is InChI=1S/C18H15P.C14H12F3N5.C14H14F3N3.C14H13F3N2O.C14H11F3N2O.B.Na.H/c1-4-10-16(11-5-1)19(17-12-6-2-7-13-17)18-14-8-3-9-15-18;1-9(21-22-18)10-2-7-13(19-8-10)20-12-5-3-11(4-6-12)14(15,16)17;1-9(18)10-2-7-13(19-8-10)20-12-5-3-11(4-6-12)14(15,16)17;2*1-9(20)10-2-7-13(18-8-10)19-12-5-3-11(4-6-12)14(15,16)17;;;/h1-15H;2-9H,1H3,(H,19,20);2-9H,18H2,1H3,(H,19,20);2-9,20H,1H3,(H,18,19);2-8H,1H3,(H,18,19);;;/q;;;;;;+1;-1. The Morgan fingerprint density at radius 1 is 0.437 bits per heavy atom. The van der Waals surface area contributed by atoms with E-state index in [1.165, 1.54) is 83.8 Å². The largest absolute Gasteiger partial charge is 1.00 e. The van der Waals surface area contributed by atoms with Gasteiger partial charge in [0.05, 0.1) is 34.4 Å². The zero-order valence-electron chi connectivity index (χ0n) is 56.7. The number of carbonyl (C=O) groups is 1. The van der Waals surface area contributed by atoms with Crippen LogP contribution in [0.1, 0.15) is 96.6 Å². The summed E-state index contributed by atoms with van der Waals surface area (Å²) in [7, 11) is -0.446. The minimum atomic E-state index is -4.35. The second kappa shape index (κ2) is 39.4. The van der Waals surface area contributed by atoms with Crippen molar-refractivity contribution >= 4 is 84.1 Å². The molecule has 11 aromatic rings. The van der Waals surface area contributed by atoms with E-state index in [9.17, 15) is 62.6 Å². The van der Waals surface area contributed by atoms with Gasteiger partial charge in [-0.15, -0.1) is 0 Å². The quantitative estimate of drug-likeness (QED) is 0.0102. The van der Waals surface area contributed by atoms with Crippen molar-refractivity contribution in [1.82, 2.24) is 19.9 Å². The molecule has 0 aliphatic carbocycles. The van der Waals surface area contributed by atoms with Crippen LogP contribution in [0.25, 0.3) is 10.4 Å². The van der Waals surface area contributed by atoms with E-state index in [2.05, 4.69) is 142 Å². The number of azide groups is 1. The zero-order valence-corrected chi connectivity index (χ0v) is 58.6. The predicted octanol–water partition coefficient (Wildman–Crippen LogP) is 17.2. The van der Waals surface area contributed by atoms with Crippen molar-refractivity contribution in [2.75, 3.05) is 21.3 Å². The van der Waals surface area contributed by atoms with Crippen molar-refractivity contribution < 1.29 is 93.6 Å². The molecule has 3 unspecified atom stereocenters. The fraction of sp³-hybridized carbons (Fsp3) is 0.149. The Morgan fingerprint density at radius 3 is 0.932 bits per heavy atom. The number of aromatic nitrogens is 4. The molecule has 7 aromatic carbocycles. The molecule has 0 aliphatic rings. The number of nitrogens with zero attached hydrogens (tertiary/aromatic N) is 7. The Kier molecular flexibility index (Phi) is 31.9. The minimum absolute atomic E-state index is 0. The van der Waals surface area contributed by atoms with Crippen LogP contribution in [0.15, 0.2) is 266 Å². The van der Waals surface area contributed by atoms with Crippen molar-refractivity contribution in [1.29, 1.82) is 0 Å². The van der Waals surface area contributed by atoms with Crippen molar-refractivity contribution in [2.24, 2.45) is 10.8 Å². The van der Waals surface area contributed by atoms with Crippen LogP contribution in [-0.2, 0) is 24.7 Å². The van der Waals surface area contributed by atoms with Gasteiger partial charge in [-0.1, -0.05) is 121 Å². The third-order valence-corrected chi connectivity index (χ3v) is 16.7. The molecule has 0 saturated carbocycles. The summed E-state index contributed by atoms with van der Waals surface area (Å²) in [5.74, 6) is 1.88. The molecule has 4 heterocycles. The maximum absolute atomic E-state index is 12.5. The van der Waals surface area contributed by atoms with Gasteiger partial charge in [-0.3, -0.25) is 4.79 Å². The van der Waals surface area contributed by atoms with Crippen LogP contribution in [-0.4, -0.2) is 39.2 Å². The van der Waals surface area contributed by atoms with Crippen molar-refractivity contribution in [3.63, 3.8) is 0 Å². The van der Waals surface area contributed by atoms with Gasteiger partial charge >= 0.3 is 54.3 Å². The molecule has 0 aliphatic heterocycles. The number of rotatable bonds is 16. The Hall–Kier alpha value is -10.1. The summed E-state index contributed by atoms with van der Waals surface area (Å²) in [6.07, 6.45) is -11.9. The van der Waals surface area contributed by atoms with E-state index >= 15 is 0 Å². The first-order chi connectivity index (χ1) is 47.9. The number of alkyl halides is 12. The zero-order chi connectivity index (χ0) is 73.3. The number of halogens is 12. The predicted molar refractivity (Wildman–Crippen MR) is 379 cm³/mol.